The van der Waals surface area contributed by atoms with Crippen molar-refractivity contribution in [3.8, 4) is 5.75 Å². The van der Waals surface area contributed by atoms with Gasteiger partial charge in [-0.25, -0.2) is 0 Å². The van der Waals surface area contributed by atoms with E-state index in [0.717, 1.165) is 18.8 Å². The van der Waals surface area contributed by atoms with Gasteiger partial charge in [-0.3, -0.25) is 0 Å². The molecular weight excluding hydrogens is 214 g/mol. The third-order valence-corrected chi connectivity index (χ3v) is 2.71. The first-order chi connectivity index (χ1) is 8.36. The second kappa shape index (κ2) is 8.74. The normalized spacial score (nSPS) is 10.2. The van der Waals surface area contributed by atoms with E-state index in [1.54, 1.807) is 24.3 Å². The van der Waals surface area contributed by atoms with Gasteiger partial charge < -0.3 is 4.74 Å². The van der Waals surface area contributed by atoms with Crippen LogP contribution in [0.4, 0.5) is 5.69 Å². The Morgan fingerprint density at radius 1 is 1.00 bits per heavy atom. The molecule has 0 bridgehead atoms. The van der Waals surface area contributed by atoms with Gasteiger partial charge in [-0.05, 0) is 35.9 Å². The van der Waals surface area contributed by atoms with E-state index in [0.29, 0.717) is 5.69 Å². The summed E-state index contributed by atoms with van der Waals surface area (Å²) in [6, 6.07) is 6.91. The molecule has 17 heavy (non-hydrogen) atoms. The molecule has 0 amide bonds. The van der Waals surface area contributed by atoms with Crippen molar-refractivity contribution in [1.82, 2.24) is 0 Å². The lowest BCUT2D eigenvalue weighted by molar-refractivity contribution is 0.304. The molecule has 0 atom stereocenters. The molecule has 1 rings (SSSR count). The third-order valence-electron chi connectivity index (χ3n) is 2.71. The largest absolute Gasteiger partial charge is 0.494 e. The molecule has 1 aromatic carbocycles. The van der Waals surface area contributed by atoms with Gasteiger partial charge in [0.15, 0.2) is 0 Å². The molecule has 0 fully saturated rings. The highest BCUT2D eigenvalue weighted by Crippen LogP contribution is 2.17. The summed E-state index contributed by atoms with van der Waals surface area (Å²) in [6.45, 7) is 2.97. The summed E-state index contributed by atoms with van der Waals surface area (Å²) >= 11 is 0. The summed E-state index contributed by atoms with van der Waals surface area (Å²) in [5.41, 5.74) is 0.442. The molecule has 0 heterocycles. The van der Waals surface area contributed by atoms with Crippen LogP contribution in [0.1, 0.15) is 45.4 Å². The van der Waals surface area contributed by atoms with E-state index in [9.17, 15) is 4.91 Å². The molecule has 3 nitrogen and oxygen atoms in total. The maximum Gasteiger partial charge on any atom is 0.119 e. The lowest BCUT2D eigenvalue weighted by Crippen LogP contribution is -1.96. The zero-order valence-corrected chi connectivity index (χ0v) is 10.5. The quantitative estimate of drug-likeness (QED) is 0.454. The smallest absolute Gasteiger partial charge is 0.119 e. The van der Waals surface area contributed by atoms with Crippen LogP contribution in [0.3, 0.4) is 0 Å². The van der Waals surface area contributed by atoms with Crippen LogP contribution in [0, 0.1) is 4.91 Å². The Hall–Kier alpha value is -1.38. The van der Waals surface area contributed by atoms with Gasteiger partial charge in [0.2, 0.25) is 0 Å². The lowest BCUT2D eigenvalue weighted by atomic mass is 10.1. The van der Waals surface area contributed by atoms with E-state index in [-0.39, 0.29) is 0 Å². The van der Waals surface area contributed by atoms with E-state index in [4.69, 9.17) is 4.74 Å². The molecule has 0 aromatic heterocycles. The number of ether oxygens (including phenoxy) is 1. The standard InChI is InChI=1S/C14H21NO2/c1-2-3-4-5-6-7-12-17-14-10-8-13(15-16)9-11-14/h8-11H,2-7,12H2,1H3. The second-order valence-electron chi connectivity index (χ2n) is 4.20. The molecule has 0 saturated carbocycles. The minimum absolute atomic E-state index is 0.442. The number of unbranched alkanes of at least 4 members (excludes halogenated alkanes) is 5. The average molecular weight is 235 g/mol. The van der Waals surface area contributed by atoms with Gasteiger partial charge in [0.1, 0.15) is 11.4 Å². The fourth-order valence-corrected chi connectivity index (χ4v) is 1.68. The van der Waals surface area contributed by atoms with Crippen LogP contribution in [0.2, 0.25) is 0 Å². The van der Waals surface area contributed by atoms with Crippen molar-refractivity contribution in [3.63, 3.8) is 0 Å². The summed E-state index contributed by atoms with van der Waals surface area (Å²) in [6.07, 6.45) is 7.57. The first-order valence-electron chi connectivity index (χ1n) is 6.43. The SMILES string of the molecule is CCCCCCCCOc1ccc(N=O)cc1. The third kappa shape index (κ3) is 6.05. The number of benzene rings is 1. The highest BCUT2D eigenvalue weighted by Gasteiger charge is 1.95. The maximum atomic E-state index is 10.2. The van der Waals surface area contributed by atoms with Crippen LogP contribution in [0.25, 0.3) is 0 Å². The fraction of sp³-hybridized carbons (Fsp3) is 0.571. The molecule has 0 aliphatic carbocycles. The predicted octanol–water partition coefficient (Wildman–Crippen LogP) is 4.82. The summed E-state index contributed by atoms with van der Waals surface area (Å²) in [5.74, 6) is 0.811. The van der Waals surface area contributed by atoms with Crippen LogP contribution >= 0.6 is 0 Å². The van der Waals surface area contributed by atoms with Crippen LogP contribution < -0.4 is 4.74 Å². The zero-order chi connectivity index (χ0) is 12.3. The van der Waals surface area contributed by atoms with Crippen molar-refractivity contribution in [2.45, 2.75) is 45.4 Å². The first-order valence-corrected chi connectivity index (χ1v) is 6.43. The van der Waals surface area contributed by atoms with Gasteiger partial charge in [-0.1, -0.05) is 39.0 Å². The predicted molar refractivity (Wildman–Crippen MR) is 70.8 cm³/mol. The van der Waals surface area contributed by atoms with E-state index in [2.05, 4.69) is 12.1 Å². The highest BCUT2D eigenvalue weighted by atomic mass is 16.5. The minimum Gasteiger partial charge on any atom is -0.494 e. The Morgan fingerprint density at radius 3 is 2.29 bits per heavy atom. The summed E-state index contributed by atoms with van der Waals surface area (Å²) in [5, 5.41) is 2.84. The lowest BCUT2D eigenvalue weighted by Gasteiger charge is -2.05. The Morgan fingerprint density at radius 2 is 1.65 bits per heavy atom. The molecule has 0 N–H and O–H groups in total. The Balaban J connectivity index is 2.07. The van der Waals surface area contributed by atoms with Crippen LogP contribution in [0.15, 0.2) is 29.4 Å². The Kier molecular flexibility index (Phi) is 7.03. The molecule has 0 radical (unpaired) electrons. The zero-order valence-electron chi connectivity index (χ0n) is 10.5. The number of nitroso groups, excluding NO2 is 1. The molecule has 0 saturated heterocycles. The van der Waals surface area contributed by atoms with Crippen LogP contribution in [-0.2, 0) is 0 Å². The van der Waals surface area contributed by atoms with Crippen molar-refractivity contribution in [2.24, 2.45) is 5.18 Å². The molecule has 0 aliphatic rings. The van der Waals surface area contributed by atoms with E-state index < -0.39 is 0 Å². The summed E-state index contributed by atoms with van der Waals surface area (Å²) in [7, 11) is 0. The van der Waals surface area contributed by atoms with Crippen molar-refractivity contribution in [2.75, 3.05) is 6.61 Å². The van der Waals surface area contributed by atoms with Crippen molar-refractivity contribution < 1.29 is 4.74 Å². The van der Waals surface area contributed by atoms with Crippen molar-refractivity contribution >= 4 is 5.69 Å². The van der Waals surface area contributed by atoms with E-state index >= 15 is 0 Å². The molecule has 1 aromatic rings. The Bertz CT molecular complexity index is 309. The molecule has 0 spiro atoms. The first kappa shape index (κ1) is 13.7. The molecule has 3 heteroatoms. The summed E-state index contributed by atoms with van der Waals surface area (Å²) < 4.78 is 5.57. The number of hydrogen-bond acceptors (Lipinski definition) is 3. The van der Waals surface area contributed by atoms with Crippen molar-refractivity contribution in [1.29, 1.82) is 0 Å². The van der Waals surface area contributed by atoms with Crippen molar-refractivity contribution in [3.05, 3.63) is 29.2 Å². The molecule has 0 aliphatic heterocycles. The van der Waals surface area contributed by atoms with Gasteiger partial charge in [-0.15, -0.1) is 4.91 Å². The fourth-order valence-electron chi connectivity index (χ4n) is 1.68. The molecular formula is C14H21NO2. The average Bonchev–Trinajstić information content (AvgIpc) is 2.38. The highest BCUT2D eigenvalue weighted by molar-refractivity contribution is 5.40. The number of rotatable bonds is 9. The van der Waals surface area contributed by atoms with Gasteiger partial charge in [0.05, 0.1) is 6.61 Å². The van der Waals surface area contributed by atoms with Gasteiger partial charge in [0, 0.05) is 0 Å². The Labute approximate surface area is 103 Å². The van der Waals surface area contributed by atoms with E-state index in [1.807, 2.05) is 0 Å². The number of hydrogen-bond donors (Lipinski definition) is 0. The van der Waals surface area contributed by atoms with Gasteiger partial charge in [-0.2, -0.15) is 0 Å². The summed E-state index contributed by atoms with van der Waals surface area (Å²) in [4.78, 5) is 10.2. The monoisotopic (exact) mass is 235 g/mol. The van der Waals surface area contributed by atoms with E-state index in [1.165, 1.54) is 32.1 Å². The van der Waals surface area contributed by atoms with Crippen LogP contribution in [-0.4, -0.2) is 6.61 Å². The number of nitrogens with zero attached hydrogens (tertiary/aromatic N) is 1. The topological polar surface area (TPSA) is 38.7 Å². The second-order valence-corrected chi connectivity index (χ2v) is 4.20. The molecule has 94 valence electrons. The molecule has 0 unspecified atom stereocenters. The van der Waals surface area contributed by atoms with Crippen LogP contribution in [0.5, 0.6) is 5.75 Å². The van der Waals surface area contributed by atoms with Gasteiger partial charge >= 0.3 is 0 Å². The minimum atomic E-state index is 0.442. The maximum absolute atomic E-state index is 10.2. The van der Waals surface area contributed by atoms with Gasteiger partial charge in [0.25, 0.3) is 0 Å².